The minimum atomic E-state index is -1.42. The molecule has 1 saturated heterocycles. The van der Waals surface area contributed by atoms with E-state index in [-0.39, 0.29) is 6.61 Å². The Hall–Kier alpha value is -2.36. The zero-order valence-electron chi connectivity index (χ0n) is 21.7. The van der Waals surface area contributed by atoms with Gasteiger partial charge in [-0.3, -0.25) is 0 Å². The largest absolute Gasteiger partial charge is 0.387 e. The maximum Gasteiger partial charge on any atom is 0.186 e. The molecule has 1 fully saturated rings. The van der Waals surface area contributed by atoms with E-state index in [1.165, 1.54) is 0 Å². The van der Waals surface area contributed by atoms with Gasteiger partial charge in [0.25, 0.3) is 0 Å². The first-order valence-electron chi connectivity index (χ1n) is 12.8. The molecule has 1 aliphatic rings. The fourth-order valence-corrected chi connectivity index (χ4v) is 5.38. The Labute approximate surface area is 220 Å². The topological polar surface area (TPSA) is 88.4 Å². The van der Waals surface area contributed by atoms with Gasteiger partial charge in [0.15, 0.2) is 6.29 Å². The van der Waals surface area contributed by atoms with Crippen LogP contribution >= 0.6 is 0 Å². The van der Waals surface area contributed by atoms with Crippen LogP contribution in [0.25, 0.3) is 0 Å². The van der Waals surface area contributed by atoms with Gasteiger partial charge in [0.2, 0.25) is 0 Å². The molecule has 0 unspecified atom stereocenters. The van der Waals surface area contributed by atoms with E-state index in [1.54, 1.807) is 0 Å². The molecule has 198 valence electrons. The van der Waals surface area contributed by atoms with Gasteiger partial charge in [-0.15, -0.1) is 0 Å². The monoisotopic (exact) mass is 522 g/mol. The maximum absolute atomic E-state index is 10.8. The van der Waals surface area contributed by atoms with E-state index >= 15 is 0 Å². The summed E-state index contributed by atoms with van der Waals surface area (Å²) in [6.45, 7) is 7.08. The van der Waals surface area contributed by atoms with Crippen molar-refractivity contribution >= 4 is 8.07 Å². The van der Waals surface area contributed by atoms with Crippen LogP contribution in [0.15, 0.2) is 91.0 Å². The van der Waals surface area contributed by atoms with Crippen LogP contribution in [-0.4, -0.2) is 67.3 Å². The highest BCUT2D eigenvalue weighted by Gasteiger charge is 2.46. The number of ether oxygens (including phenoxy) is 3. The molecule has 37 heavy (non-hydrogen) atoms. The minimum absolute atomic E-state index is 0.0441. The number of aliphatic hydroxyl groups excluding tert-OH is 3. The number of rotatable bonds is 10. The third-order valence-electron chi connectivity index (χ3n) is 6.81. The predicted molar refractivity (Wildman–Crippen MR) is 146 cm³/mol. The lowest BCUT2D eigenvalue weighted by atomic mass is 9.80. The van der Waals surface area contributed by atoms with Gasteiger partial charge < -0.3 is 29.5 Å². The van der Waals surface area contributed by atoms with E-state index in [2.05, 4.69) is 19.6 Å². The van der Waals surface area contributed by atoms with Crippen molar-refractivity contribution in [1.82, 2.24) is 0 Å². The van der Waals surface area contributed by atoms with E-state index in [0.29, 0.717) is 6.61 Å². The number of hydrogen-bond donors (Lipinski definition) is 3. The molecule has 0 amide bonds. The average Bonchev–Trinajstić information content (AvgIpc) is 2.91. The lowest BCUT2D eigenvalue weighted by Crippen LogP contribution is -2.59. The molecule has 0 spiro atoms. The summed E-state index contributed by atoms with van der Waals surface area (Å²) < 4.78 is 18.6. The molecule has 0 bridgehead atoms. The standard InChI is InChI=1S/C30H38O6Si/c1-37(2,3)20-19-34-29-28(33)27(32)26(31)25(36-29)21-35-30(22-13-7-4-8-14-22,23-15-9-5-10-16-23)24-17-11-6-12-18-24/h4-18,25-29,31-33H,19-21H2,1-3H3/t25-,26+,27+,28-,29-/m1/s1. The van der Waals surface area contributed by atoms with E-state index in [0.717, 1.165) is 22.7 Å². The van der Waals surface area contributed by atoms with Crippen LogP contribution < -0.4 is 0 Å². The highest BCUT2D eigenvalue weighted by molar-refractivity contribution is 6.76. The average molecular weight is 523 g/mol. The van der Waals surface area contributed by atoms with Crippen molar-refractivity contribution in [2.75, 3.05) is 13.2 Å². The molecule has 1 heterocycles. The summed E-state index contributed by atoms with van der Waals surface area (Å²) in [4.78, 5) is 0. The summed E-state index contributed by atoms with van der Waals surface area (Å²) in [7, 11) is -1.36. The summed E-state index contributed by atoms with van der Waals surface area (Å²) in [6.07, 6.45) is -6.07. The lowest BCUT2D eigenvalue weighted by molar-refractivity contribution is -0.304. The van der Waals surface area contributed by atoms with Crippen LogP contribution in [0, 0.1) is 0 Å². The summed E-state index contributed by atoms with van der Waals surface area (Å²) in [6, 6.07) is 30.6. The molecule has 7 heteroatoms. The summed E-state index contributed by atoms with van der Waals surface area (Å²) in [5, 5.41) is 32.0. The predicted octanol–water partition coefficient (Wildman–Crippen LogP) is 4.16. The zero-order valence-corrected chi connectivity index (χ0v) is 22.7. The lowest BCUT2D eigenvalue weighted by Gasteiger charge is -2.42. The molecule has 0 radical (unpaired) electrons. The van der Waals surface area contributed by atoms with Crippen molar-refractivity contribution in [3.63, 3.8) is 0 Å². The van der Waals surface area contributed by atoms with Crippen LogP contribution in [0.3, 0.4) is 0 Å². The number of hydrogen-bond acceptors (Lipinski definition) is 6. The van der Waals surface area contributed by atoms with E-state index < -0.39 is 44.4 Å². The van der Waals surface area contributed by atoms with Crippen LogP contribution in [0.2, 0.25) is 25.7 Å². The second kappa shape index (κ2) is 12.0. The van der Waals surface area contributed by atoms with Crippen molar-refractivity contribution < 1.29 is 29.5 Å². The first-order chi connectivity index (χ1) is 17.7. The fourth-order valence-electron chi connectivity index (χ4n) is 4.65. The first-order valence-corrected chi connectivity index (χ1v) is 16.5. The van der Waals surface area contributed by atoms with Crippen molar-refractivity contribution in [3.8, 4) is 0 Å². The van der Waals surface area contributed by atoms with Gasteiger partial charge in [-0.1, -0.05) is 111 Å². The van der Waals surface area contributed by atoms with Crippen LogP contribution in [0.1, 0.15) is 16.7 Å². The molecule has 4 rings (SSSR count). The number of aliphatic hydroxyl groups is 3. The second-order valence-electron chi connectivity index (χ2n) is 10.8. The summed E-state index contributed by atoms with van der Waals surface area (Å²) in [5.41, 5.74) is 1.76. The van der Waals surface area contributed by atoms with Gasteiger partial charge in [-0.25, -0.2) is 0 Å². The van der Waals surface area contributed by atoms with Gasteiger partial charge in [0.1, 0.15) is 30.0 Å². The highest BCUT2D eigenvalue weighted by atomic mass is 28.3. The molecule has 0 aliphatic carbocycles. The highest BCUT2D eigenvalue weighted by Crippen LogP contribution is 2.41. The smallest absolute Gasteiger partial charge is 0.186 e. The Morgan fingerprint density at radius 1 is 0.703 bits per heavy atom. The molecule has 0 saturated carbocycles. The normalized spacial score (nSPS) is 24.6. The van der Waals surface area contributed by atoms with Crippen molar-refractivity contribution in [2.24, 2.45) is 0 Å². The van der Waals surface area contributed by atoms with Gasteiger partial charge in [-0.05, 0) is 22.7 Å². The van der Waals surface area contributed by atoms with Gasteiger partial charge in [0, 0.05) is 14.7 Å². The van der Waals surface area contributed by atoms with Crippen LogP contribution in [0.5, 0.6) is 0 Å². The zero-order chi connectivity index (χ0) is 26.5. The van der Waals surface area contributed by atoms with E-state index in [1.807, 2.05) is 91.0 Å². The Bertz CT molecular complexity index is 993. The summed E-state index contributed by atoms with van der Waals surface area (Å²) in [5.74, 6) is 0. The third kappa shape index (κ3) is 6.38. The molecule has 3 N–H and O–H groups in total. The quantitative estimate of drug-likeness (QED) is 0.274. The molecule has 0 aromatic heterocycles. The molecule has 6 nitrogen and oxygen atoms in total. The first kappa shape index (κ1) is 27.7. The minimum Gasteiger partial charge on any atom is -0.387 e. The molecule has 5 atom stereocenters. The molecular formula is C30H38O6Si. The van der Waals surface area contributed by atoms with E-state index in [9.17, 15) is 15.3 Å². The molecule has 1 aliphatic heterocycles. The molecular weight excluding hydrogens is 484 g/mol. The van der Waals surface area contributed by atoms with Crippen molar-refractivity contribution in [3.05, 3.63) is 108 Å². The third-order valence-corrected chi connectivity index (χ3v) is 8.51. The fraction of sp³-hybridized carbons (Fsp3) is 0.400. The maximum atomic E-state index is 10.8. The Morgan fingerprint density at radius 2 is 1.16 bits per heavy atom. The van der Waals surface area contributed by atoms with Gasteiger partial charge in [0.05, 0.1) is 6.61 Å². The molecule has 3 aromatic carbocycles. The van der Waals surface area contributed by atoms with Gasteiger partial charge >= 0.3 is 0 Å². The van der Waals surface area contributed by atoms with Crippen LogP contribution in [0.4, 0.5) is 0 Å². The second-order valence-corrected chi connectivity index (χ2v) is 16.4. The van der Waals surface area contributed by atoms with Crippen molar-refractivity contribution in [2.45, 2.75) is 62.0 Å². The summed E-state index contributed by atoms with van der Waals surface area (Å²) >= 11 is 0. The van der Waals surface area contributed by atoms with Gasteiger partial charge in [-0.2, -0.15) is 0 Å². The molecule has 3 aromatic rings. The van der Waals surface area contributed by atoms with E-state index in [4.69, 9.17) is 14.2 Å². The Kier molecular flexibility index (Phi) is 8.97. The number of benzene rings is 3. The Balaban J connectivity index is 1.65. The SMILES string of the molecule is C[Si](C)(C)CCO[C@@H]1O[C@H](COC(c2ccccc2)(c2ccccc2)c2ccccc2)[C@H](O)[C@H](O)[C@H]1O. The van der Waals surface area contributed by atoms with Crippen LogP contribution in [-0.2, 0) is 19.8 Å². The Morgan fingerprint density at radius 3 is 1.59 bits per heavy atom. The van der Waals surface area contributed by atoms with Crippen molar-refractivity contribution in [1.29, 1.82) is 0 Å².